The van der Waals surface area contributed by atoms with Crippen molar-refractivity contribution in [2.75, 3.05) is 6.56 Å². The monoisotopic (exact) mass is 186 g/mol. The maximum Gasteiger partial charge on any atom is 0.0564 e. The maximum atomic E-state index is 9.25. The first-order valence-corrected chi connectivity index (χ1v) is 4.04. The van der Waals surface area contributed by atoms with Crippen LogP contribution >= 0.6 is 0 Å². The van der Waals surface area contributed by atoms with E-state index in [2.05, 4.69) is 0 Å². The van der Waals surface area contributed by atoms with E-state index in [1.54, 1.807) is 30.3 Å². The van der Waals surface area contributed by atoms with Crippen molar-refractivity contribution in [3.05, 3.63) is 35.9 Å². The van der Waals surface area contributed by atoms with Gasteiger partial charge < -0.3 is 5.11 Å². The SMILES string of the molecule is [2H]C([2H])(O)C([2H])([2H])C([2H])([2H])C([2H])([2H])C(C)c1ccccc1. The molecule has 1 rings (SSSR count). The zero-order valence-electron chi connectivity index (χ0n) is 15.4. The van der Waals surface area contributed by atoms with E-state index in [-0.39, 0.29) is 0 Å². The molecule has 1 aromatic rings. The standard InChI is InChI=1S/C12H18O/c1-11(7-5-6-10-13)12-8-3-2-4-9-12/h2-4,8-9,11,13H,5-7,10H2,1H3/i5D2,6D2,7D2,10D2. The Morgan fingerprint density at radius 2 is 2.00 bits per heavy atom. The first kappa shape index (κ1) is 3.74. The van der Waals surface area contributed by atoms with E-state index in [1.807, 2.05) is 0 Å². The van der Waals surface area contributed by atoms with Gasteiger partial charge in [0.25, 0.3) is 0 Å². The second kappa shape index (κ2) is 5.76. The average Bonchev–Trinajstić information content (AvgIpc) is 2.37. The van der Waals surface area contributed by atoms with Crippen LogP contribution in [0.2, 0.25) is 0 Å². The zero-order valence-corrected chi connectivity index (χ0v) is 7.41. The van der Waals surface area contributed by atoms with Gasteiger partial charge in [0.1, 0.15) is 0 Å². The molecule has 1 unspecified atom stereocenters. The minimum absolute atomic E-state index is 0.459. The van der Waals surface area contributed by atoms with Crippen molar-refractivity contribution in [2.24, 2.45) is 0 Å². The Labute approximate surface area is 91.7 Å². The minimum Gasteiger partial charge on any atom is -0.396 e. The summed E-state index contributed by atoms with van der Waals surface area (Å²) in [6.45, 7) is -2.11. The van der Waals surface area contributed by atoms with Crippen LogP contribution in [0.25, 0.3) is 0 Å². The van der Waals surface area contributed by atoms with Crippen LogP contribution in [0, 0.1) is 0 Å². The molecule has 72 valence electrons. The summed E-state index contributed by atoms with van der Waals surface area (Å²) in [4.78, 5) is 0. The van der Waals surface area contributed by atoms with Crippen molar-refractivity contribution in [1.29, 1.82) is 0 Å². The van der Waals surface area contributed by atoms with Crippen molar-refractivity contribution < 1.29 is 16.1 Å². The van der Waals surface area contributed by atoms with Gasteiger partial charge in [0, 0.05) is 14.8 Å². The van der Waals surface area contributed by atoms with Crippen LogP contribution < -0.4 is 0 Å². The summed E-state index contributed by atoms with van der Waals surface area (Å²) in [6, 6.07) is 8.18. The highest BCUT2D eigenvalue weighted by Gasteiger charge is 2.03. The van der Waals surface area contributed by atoms with Crippen molar-refractivity contribution in [1.82, 2.24) is 0 Å². The van der Waals surface area contributed by atoms with Gasteiger partial charge in [-0.15, -0.1) is 0 Å². The molecule has 0 heterocycles. The molecule has 0 saturated heterocycles. The van der Waals surface area contributed by atoms with Gasteiger partial charge in [-0.25, -0.2) is 0 Å². The Balaban J connectivity index is 3.28. The number of hydrogen-bond acceptors (Lipinski definition) is 1. The topological polar surface area (TPSA) is 20.2 Å². The second-order valence-electron chi connectivity index (χ2n) is 2.64. The van der Waals surface area contributed by atoms with Crippen LogP contribution in [0.15, 0.2) is 30.3 Å². The van der Waals surface area contributed by atoms with Crippen molar-refractivity contribution in [3.8, 4) is 0 Å². The molecule has 0 radical (unpaired) electrons. The van der Waals surface area contributed by atoms with Gasteiger partial charge in [-0.1, -0.05) is 43.6 Å². The van der Waals surface area contributed by atoms with Gasteiger partial charge in [0.2, 0.25) is 0 Å². The lowest BCUT2D eigenvalue weighted by Crippen LogP contribution is -1.94. The lowest BCUT2D eigenvalue weighted by atomic mass is 9.96. The average molecular weight is 186 g/mol. The molecule has 1 aromatic carbocycles. The van der Waals surface area contributed by atoms with E-state index in [0.717, 1.165) is 0 Å². The van der Waals surface area contributed by atoms with E-state index in [9.17, 15) is 5.11 Å². The summed E-state index contributed by atoms with van der Waals surface area (Å²) < 4.78 is 60.7. The van der Waals surface area contributed by atoms with Gasteiger partial charge >= 0.3 is 0 Å². The van der Waals surface area contributed by atoms with Gasteiger partial charge in [0.15, 0.2) is 0 Å². The van der Waals surface area contributed by atoms with Crippen LogP contribution in [0.4, 0.5) is 0 Å². The number of benzene rings is 1. The molecule has 1 N–H and O–H groups in total. The summed E-state index contributed by atoms with van der Waals surface area (Å²) in [5, 5.41) is 9.25. The third-order valence-corrected chi connectivity index (χ3v) is 1.71. The van der Waals surface area contributed by atoms with E-state index in [0.29, 0.717) is 5.56 Å². The van der Waals surface area contributed by atoms with Gasteiger partial charge in [0.05, 0.1) is 2.74 Å². The van der Waals surface area contributed by atoms with Crippen LogP contribution in [0.5, 0.6) is 0 Å². The molecule has 1 heteroatoms. The molecule has 0 aliphatic rings. The molecule has 0 aliphatic heterocycles. The van der Waals surface area contributed by atoms with Crippen LogP contribution in [0.3, 0.4) is 0 Å². The van der Waals surface area contributed by atoms with E-state index >= 15 is 0 Å². The summed E-state index contributed by atoms with van der Waals surface area (Å²) in [5.74, 6) is -1.04. The summed E-state index contributed by atoms with van der Waals surface area (Å²) in [6.07, 6.45) is -9.42. The first-order chi connectivity index (χ1) is 9.27. The predicted molar refractivity (Wildman–Crippen MR) is 55.8 cm³/mol. The Bertz CT molecular complexity index is 480. The zero-order chi connectivity index (χ0) is 16.7. The molecule has 0 saturated carbocycles. The molecule has 0 aliphatic carbocycles. The Morgan fingerprint density at radius 1 is 1.31 bits per heavy atom. The lowest BCUT2D eigenvalue weighted by Gasteiger charge is -2.10. The molecular formula is C12H18O. The minimum atomic E-state index is -3.51. The Hall–Kier alpha value is -0.820. The predicted octanol–water partition coefficient (Wildman–Crippen LogP) is 2.95. The quantitative estimate of drug-likeness (QED) is 0.749. The van der Waals surface area contributed by atoms with Gasteiger partial charge in [-0.05, 0) is 24.2 Å². The Kier molecular flexibility index (Phi) is 1.66. The maximum absolute atomic E-state index is 9.25. The molecule has 0 amide bonds. The second-order valence-corrected chi connectivity index (χ2v) is 2.64. The summed E-state index contributed by atoms with van der Waals surface area (Å²) in [5.41, 5.74) is 0.459. The molecule has 13 heavy (non-hydrogen) atoms. The summed E-state index contributed by atoms with van der Waals surface area (Å²) >= 11 is 0. The third-order valence-electron chi connectivity index (χ3n) is 1.71. The van der Waals surface area contributed by atoms with Crippen molar-refractivity contribution >= 4 is 0 Å². The number of aliphatic hydroxyl groups is 1. The lowest BCUT2D eigenvalue weighted by molar-refractivity contribution is 0.281. The van der Waals surface area contributed by atoms with Crippen LogP contribution in [0.1, 0.15) is 48.5 Å². The smallest absolute Gasteiger partial charge is 0.0564 e. The number of hydrogen-bond donors (Lipinski definition) is 1. The van der Waals surface area contributed by atoms with Crippen LogP contribution in [-0.4, -0.2) is 11.7 Å². The molecule has 1 atom stereocenters. The van der Waals surface area contributed by atoms with Gasteiger partial charge in [-0.2, -0.15) is 0 Å². The third kappa shape index (κ3) is 3.60. The molecular weight excluding hydrogens is 160 g/mol. The van der Waals surface area contributed by atoms with Crippen molar-refractivity contribution in [2.45, 2.75) is 32.0 Å². The Morgan fingerprint density at radius 3 is 2.62 bits per heavy atom. The van der Waals surface area contributed by atoms with Crippen molar-refractivity contribution in [3.63, 3.8) is 0 Å². The largest absolute Gasteiger partial charge is 0.396 e. The molecule has 1 nitrogen and oxygen atoms in total. The fourth-order valence-electron chi connectivity index (χ4n) is 0.997. The molecule has 0 bridgehead atoms. The van der Waals surface area contributed by atoms with E-state index in [4.69, 9.17) is 11.0 Å². The highest BCUT2D eigenvalue weighted by atomic mass is 16.2. The fourth-order valence-corrected chi connectivity index (χ4v) is 0.997. The summed E-state index contributed by atoms with van der Waals surface area (Å²) in [7, 11) is 0. The van der Waals surface area contributed by atoms with Gasteiger partial charge in [-0.3, -0.25) is 0 Å². The first-order valence-electron chi connectivity index (χ1n) is 8.04. The molecule has 0 aromatic heterocycles. The molecule has 0 spiro atoms. The number of rotatable bonds is 5. The normalized spacial score (nSPS) is 26.3. The fraction of sp³-hybridized carbons (Fsp3) is 0.500. The molecule has 0 fully saturated rings. The van der Waals surface area contributed by atoms with Crippen LogP contribution in [-0.2, 0) is 0 Å². The van der Waals surface area contributed by atoms with E-state index in [1.165, 1.54) is 6.92 Å². The highest BCUT2D eigenvalue weighted by Crippen LogP contribution is 2.20. The van der Waals surface area contributed by atoms with E-state index < -0.39 is 31.6 Å². The highest BCUT2D eigenvalue weighted by molar-refractivity contribution is 5.18.